The van der Waals surface area contributed by atoms with Gasteiger partial charge in [0.1, 0.15) is 5.71 Å². The molecule has 1 N–H and O–H groups in total. The fourth-order valence-electron chi connectivity index (χ4n) is 1.36. The second kappa shape index (κ2) is 5.93. The molecule has 0 aromatic carbocycles. The van der Waals surface area contributed by atoms with E-state index in [2.05, 4.69) is 0 Å². The van der Waals surface area contributed by atoms with E-state index in [1.165, 1.54) is 0 Å². The van der Waals surface area contributed by atoms with Crippen molar-refractivity contribution in [2.75, 3.05) is 0 Å². The minimum Gasteiger partial charge on any atom is -0.296 e. The Bertz CT molecular complexity index is 239. The van der Waals surface area contributed by atoms with E-state index in [1.54, 1.807) is 0 Å². The van der Waals surface area contributed by atoms with Crippen LogP contribution in [0.4, 0.5) is 13.2 Å². The van der Waals surface area contributed by atoms with Crippen LogP contribution < -0.4 is 0 Å². The molecule has 0 unspecified atom stereocenters. The van der Waals surface area contributed by atoms with Crippen molar-refractivity contribution >= 4 is 5.71 Å². The van der Waals surface area contributed by atoms with Gasteiger partial charge in [0, 0.05) is 0 Å². The van der Waals surface area contributed by atoms with Gasteiger partial charge in [-0.05, 0) is 24.8 Å². The minimum absolute atomic E-state index is 0.323. The topological polar surface area (TPSA) is 23.9 Å². The minimum atomic E-state index is -4.52. The lowest BCUT2D eigenvalue weighted by Crippen LogP contribution is -2.20. The van der Waals surface area contributed by atoms with Crippen LogP contribution in [0.3, 0.4) is 0 Å². The standard InChI is InChI=1S/C11H18F3N/c1-4-5-9(6-8(2)3)7-10(15)11(12,13)14/h7-8,15H,4-6H2,1-3H3/b9-7+,15-10?. The molecule has 1 nitrogen and oxygen atoms in total. The lowest BCUT2D eigenvalue weighted by atomic mass is 9.98. The maximum Gasteiger partial charge on any atom is 0.432 e. The zero-order valence-electron chi connectivity index (χ0n) is 9.41. The van der Waals surface area contributed by atoms with Crippen molar-refractivity contribution in [1.82, 2.24) is 0 Å². The van der Waals surface area contributed by atoms with Gasteiger partial charge in [0.15, 0.2) is 0 Å². The molecule has 4 heteroatoms. The summed E-state index contributed by atoms with van der Waals surface area (Å²) in [5, 5.41) is 6.89. The summed E-state index contributed by atoms with van der Waals surface area (Å²) >= 11 is 0. The zero-order chi connectivity index (χ0) is 12.1. The van der Waals surface area contributed by atoms with Crippen LogP contribution in [0, 0.1) is 11.3 Å². The Kier molecular flexibility index (Phi) is 5.61. The second-order valence-electron chi connectivity index (χ2n) is 4.06. The van der Waals surface area contributed by atoms with Crippen molar-refractivity contribution in [2.24, 2.45) is 5.92 Å². The lowest BCUT2D eigenvalue weighted by molar-refractivity contribution is -0.0584. The first kappa shape index (κ1) is 14.2. The van der Waals surface area contributed by atoms with E-state index in [0.29, 0.717) is 18.8 Å². The fraction of sp³-hybridized carbons (Fsp3) is 0.727. The summed E-state index contributed by atoms with van der Waals surface area (Å²) in [6, 6.07) is 0. The third kappa shape index (κ3) is 6.31. The van der Waals surface area contributed by atoms with Gasteiger partial charge in [-0.2, -0.15) is 13.2 Å². The van der Waals surface area contributed by atoms with E-state index in [9.17, 15) is 13.2 Å². The first-order valence-corrected chi connectivity index (χ1v) is 5.12. The molecule has 0 bridgehead atoms. The molecule has 0 saturated heterocycles. The predicted octanol–water partition coefficient (Wildman–Crippen LogP) is 4.34. The Morgan fingerprint density at radius 3 is 2.20 bits per heavy atom. The highest BCUT2D eigenvalue weighted by Crippen LogP contribution is 2.21. The molecular weight excluding hydrogens is 203 g/mol. The molecule has 0 saturated carbocycles. The van der Waals surface area contributed by atoms with Gasteiger partial charge in [0.25, 0.3) is 0 Å². The SMILES string of the molecule is CCC/C(=C\C(=N)C(F)(F)F)CC(C)C. The van der Waals surface area contributed by atoms with Gasteiger partial charge in [-0.25, -0.2) is 0 Å². The van der Waals surface area contributed by atoms with Crippen molar-refractivity contribution in [3.8, 4) is 0 Å². The Morgan fingerprint density at radius 1 is 1.33 bits per heavy atom. The Hall–Kier alpha value is -0.800. The number of allylic oxidation sites excluding steroid dienone is 2. The highest BCUT2D eigenvalue weighted by atomic mass is 19.4. The van der Waals surface area contributed by atoms with E-state index >= 15 is 0 Å². The summed E-state index contributed by atoms with van der Waals surface area (Å²) in [5.74, 6) is 0.323. The monoisotopic (exact) mass is 221 g/mol. The lowest BCUT2D eigenvalue weighted by Gasteiger charge is -2.11. The largest absolute Gasteiger partial charge is 0.432 e. The first-order valence-electron chi connectivity index (χ1n) is 5.12. The molecular formula is C11H18F3N. The molecule has 0 amide bonds. The highest BCUT2D eigenvalue weighted by molar-refractivity contribution is 5.97. The molecule has 0 radical (unpaired) electrons. The molecule has 0 fully saturated rings. The number of hydrogen-bond acceptors (Lipinski definition) is 1. The Morgan fingerprint density at radius 2 is 1.87 bits per heavy atom. The third-order valence-corrected chi connectivity index (χ3v) is 1.90. The highest BCUT2D eigenvalue weighted by Gasteiger charge is 2.32. The molecule has 0 aromatic heterocycles. The number of halogens is 3. The maximum atomic E-state index is 12.1. The van der Waals surface area contributed by atoms with Gasteiger partial charge in [0.05, 0.1) is 0 Å². The van der Waals surface area contributed by atoms with E-state index in [0.717, 1.165) is 18.1 Å². The van der Waals surface area contributed by atoms with Gasteiger partial charge >= 0.3 is 6.18 Å². The molecule has 88 valence electrons. The molecule has 0 spiro atoms. The first-order chi connectivity index (χ1) is 6.77. The molecule has 0 aliphatic rings. The Labute approximate surface area is 88.9 Å². The zero-order valence-corrected chi connectivity index (χ0v) is 9.41. The molecule has 0 aliphatic heterocycles. The number of alkyl halides is 3. The molecule has 0 atom stereocenters. The number of rotatable bonds is 5. The smallest absolute Gasteiger partial charge is 0.296 e. The predicted molar refractivity (Wildman–Crippen MR) is 56.2 cm³/mol. The third-order valence-electron chi connectivity index (χ3n) is 1.90. The van der Waals surface area contributed by atoms with Crippen molar-refractivity contribution in [3.63, 3.8) is 0 Å². The van der Waals surface area contributed by atoms with Crippen LogP contribution in [0.25, 0.3) is 0 Å². The van der Waals surface area contributed by atoms with Crippen LogP contribution in [0.2, 0.25) is 0 Å². The summed E-state index contributed by atoms with van der Waals surface area (Å²) in [6.45, 7) is 5.84. The summed E-state index contributed by atoms with van der Waals surface area (Å²) in [6.07, 6.45) is -1.47. The van der Waals surface area contributed by atoms with Gasteiger partial charge in [-0.3, -0.25) is 5.41 Å². The van der Waals surface area contributed by atoms with Crippen molar-refractivity contribution < 1.29 is 13.2 Å². The normalized spacial score (nSPS) is 13.4. The van der Waals surface area contributed by atoms with Crippen LogP contribution >= 0.6 is 0 Å². The van der Waals surface area contributed by atoms with Crippen LogP contribution in [0.1, 0.15) is 40.0 Å². The second-order valence-corrected chi connectivity index (χ2v) is 4.06. The van der Waals surface area contributed by atoms with Gasteiger partial charge in [-0.15, -0.1) is 0 Å². The van der Waals surface area contributed by atoms with Crippen LogP contribution in [-0.2, 0) is 0 Å². The average molecular weight is 221 g/mol. The molecule has 15 heavy (non-hydrogen) atoms. The van der Waals surface area contributed by atoms with E-state index in [1.807, 2.05) is 20.8 Å². The molecule has 0 rings (SSSR count). The Balaban J connectivity index is 4.60. The quantitative estimate of drug-likeness (QED) is 0.668. The summed E-state index contributed by atoms with van der Waals surface area (Å²) in [7, 11) is 0. The van der Waals surface area contributed by atoms with E-state index in [-0.39, 0.29) is 0 Å². The summed E-state index contributed by atoms with van der Waals surface area (Å²) in [5.41, 5.74) is -0.526. The van der Waals surface area contributed by atoms with Crippen LogP contribution in [-0.4, -0.2) is 11.9 Å². The summed E-state index contributed by atoms with van der Waals surface area (Å²) < 4.78 is 36.4. The molecule has 0 aromatic rings. The van der Waals surface area contributed by atoms with Crippen molar-refractivity contribution in [3.05, 3.63) is 11.6 Å². The van der Waals surface area contributed by atoms with Gasteiger partial charge < -0.3 is 0 Å². The van der Waals surface area contributed by atoms with Crippen LogP contribution in [0.15, 0.2) is 11.6 Å². The maximum absolute atomic E-state index is 12.1. The number of nitrogens with one attached hydrogen (secondary N) is 1. The van der Waals surface area contributed by atoms with E-state index in [4.69, 9.17) is 5.41 Å². The van der Waals surface area contributed by atoms with Gasteiger partial charge in [-0.1, -0.05) is 32.8 Å². The fourth-order valence-corrected chi connectivity index (χ4v) is 1.36. The average Bonchev–Trinajstić information content (AvgIpc) is 2.01. The van der Waals surface area contributed by atoms with E-state index < -0.39 is 11.9 Å². The summed E-state index contributed by atoms with van der Waals surface area (Å²) in [4.78, 5) is 0. The van der Waals surface area contributed by atoms with Crippen molar-refractivity contribution in [2.45, 2.75) is 46.2 Å². The molecule has 0 aliphatic carbocycles. The van der Waals surface area contributed by atoms with Gasteiger partial charge in [0.2, 0.25) is 0 Å². The van der Waals surface area contributed by atoms with Crippen molar-refractivity contribution in [1.29, 1.82) is 5.41 Å². The molecule has 0 heterocycles. The number of hydrogen-bond donors (Lipinski definition) is 1. The van der Waals surface area contributed by atoms with Crippen LogP contribution in [0.5, 0.6) is 0 Å².